The number of hydrogen-bond acceptors (Lipinski definition) is 2. The van der Waals surface area contributed by atoms with Crippen molar-refractivity contribution in [3.8, 4) is 0 Å². The first-order valence-electron chi connectivity index (χ1n) is 3.52. The molecule has 0 bridgehead atoms. The van der Waals surface area contributed by atoms with Gasteiger partial charge in [0.2, 0.25) is 0 Å². The Labute approximate surface area is 88.0 Å². The fourth-order valence-corrected chi connectivity index (χ4v) is 0.866. The van der Waals surface area contributed by atoms with E-state index in [2.05, 4.69) is 12.6 Å². The van der Waals surface area contributed by atoms with Crippen LogP contribution in [0.15, 0.2) is 30.3 Å². The molecule has 0 amide bonds. The summed E-state index contributed by atoms with van der Waals surface area (Å²) in [6.45, 7) is 1.08. The van der Waals surface area contributed by atoms with Crippen molar-refractivity contribution in [2.45, 2.75) is 6.92 Å². The third-order valence-corrected chi connectivity index (χ3v) is 1.51. The molecule has 4 heteroatoms. The number of benzene rings is 1. The average molecular weight is 214 g/mol. The summed E-state index contributed by atoms with van der Waals surface area (Å²) >= 11 is 8.85. The van der Waals surface area contributed by atoms with Crippen LogP contribution in [0.2, 0.25) is 0 Å². The lowest BCUT2D eigenvalue weighted by molar-refractivity contribution is -0.134. The third-order valence-electron chi connectivity index (χ3n) is 1.02. The van der Waals surface area contributed by atoms with Gasteiger partial charge in [0, 0.05) is 6.92 Å². The molecule has 0 fully saturated rings. The molecule has 0 spiro atoms. The molecule has 1 aromatic rings. The van der Waals surface area contributed by atoms with E-state index in [1.165, 1.54) is 0 Å². The fraction of sp³-hybridized carbons (Fsp3) is 0.111. The molecule has 70 valence electrons. The lowest BCUT2D eigenvalue weighted by Crippen LogP contribution is -1.83. The number of aliphatic carboxylic acids is 1. The van der Waals surface area contributed by atoms with E-state index in [0.29, 0.717) is 4.20 Å². The molecule has 1 N–H and O–H groups in total. The van der Waals surface area contributed by atoms with Crippen molar-refractivity contribution < 1.29 is 9.90 Å². The predicted octanol–water partition coefficient (Wildman–Crippen LogP) is 2.38. The number of hydrogen-bond donors (Lipinski definition) is 2. The molecule has 0 aromatic heterocycles. The number of rotatable bonds is 1. The van der Waals surface area contributed by atoms with Gasteiger partial charge in [-0.3, -0.25) is 4.79 Å². The fourth-order valence-electron chi connectivity index (χ4n) is 0.581. The minimum Gasteiger partial charge on any atom is -0.481 e. The first-order chi connectivity index (χ1) is 6.04. The van der Waals surface area contributed by atoms with Crippen LogP contribution in [0.1, 0.15) is 12.5 Å². The third kappa shape index (κ3) is 7.49. The molecule has 0 aliphatic carbocycles. The molecular weight excluding hydrogens is 204 g/mol. The molecule has 1 aromatic carbocycles. The highest BCUT2D eigenvalue weighted by Crippen LogP contribution is 2.02. The SMILES string of the molecule is CC(=O)O.S=C(S)c1ccccc1. The molecule has 0 aliphatic rings. The largest absolute Gasteiger partial charge is 0.481 e. The Balaban J connectivity index is 0.000000310. The van der Waals surface area contributed by atoms with E-state index in [0.717, 1.165) is 12.5 Å². The molecule has 0 atom stereocenters. The molecular formula is C9H10O2S2. The quantitative estimate of drug-likeness (QED) is 0.557. The highest BCUT2D eigenvalue weighted by atomic mass is 32.1. The van der Waals surface area contributed by atoms with Crippen LogP contribution >= 0.6 is 24.8 Å². The Morgan fingerprint density at radius 2 is 1.77 bits per heavy atom. The summed E-state index contributed by atoms with van der Waals surface area (Å²) in [5.74, 6) is -0.833. The lowest BCUT2D eigenvalue weighted by atomic mass is 10.2. The van der Waals surface area contributed by atoms with Gasteiger partial charge >= 0.3 is 0 Å². The predicted molar refractivity (Wildman–Crippen MR) is 60.4 cm³/mol. The van der Waals surface area contributed by atoms with Crippen LogP contribution in [-0.2, 0) is 4.79 Å². The van der Waals surface area contributed by atoms with Crippen LogP contribution in [-0.4, -0.2) is 15.3 Å². The zero-order chi connectivity index (χ0) is 10.3. The van der Waals surface area contributed by atoms with Crippen LogP contribution in [0.3, 0.4) is 0 Å². The van der Waals surface area contributed by atoms with Crippen LogP contribution in [0, 0.1) is 0 Å². The highest BCUT2D eigenvalue weighted by Gasteiger charge is 1.89. The molecule has 2 nitrogen and oxygen atoms in total. The van der Waals surface area contributed by atoms with Crippen molar-refractivity contribution >= 4 is 35.0 Å². The minimum atomic E-state index is -0.833. The summed E-state index contributed by atoms with van der Waals surface area (Å²) in [5.41, 5.74) is 1.01. The summed E-state index contributed by atoms with van der Waals surface area (Å²) in [4.78, 5) is 9.00. The number of thiocarbonyl (C=S) groups is 1. The average Bonchev–Trinajstić information content (AvgIpc) is 2.05. The van der Waals surface area contributed by atoms with Crippen molar-refractivity contribution in [1.29, 1.82) is 0 Å². The molecule has 0 aliphatic heterocycles. The summed E-state index contributed by atoms with van der Waals surface area (Å²) in [6, 6.07) is 9.72. The summed E-state index contributed by atoms with van der Waals surface area (Å²) in [7, 11) is 0. The number of carbonyl (C=O) groups is 1. The van der Waals surface area contributed by atoms with E-state index >= 15 is 0 Å². The Bertz CT molecular complexity index is 279. The molecule has 0 saturated heterocycles. The van der Waals surface area contributed by atoms with Crippen molar-refractivity contribution in [2.75, 3.05) is 0 Å². The van der Waals surface area contributed by atoms with Gasteiger partial charge in [-0.25, -0.2) is 0 Å². The van der Waals surface area contributed by atoms with Crippen LogP contribution in [0.5, 0.6) is 0 Å². The monoisotopic (exact) mass is 214 g/mol. The Morgan fingerprint density at radius 3 is 2.00 bits per heavy atom. The van der Waals surface area contributed by atoms with Gasteiger partial charge in [0.15, 0.2) is 0 Å². The standard InChI is InChI=1S/C7H6S2.C2H4O2/c8-7(9)6-4-2-1-3-5-6;1-2(3)4/h1-5H,(H,8,9);1H3,(H,3,4). The maximum atomic E-state index is 9.00. The zero-order valence-electron chi connectivity index (χ0n) is 7.10. The first-order valence-corrected chi connectivity index (χ1v) is 4.37. The number of carboxylic acids is 1. The molecule has 0 radical (unpaired) electrons. The second kappa shape index (κ2) is 6.62. The maximum Gasteiger partial charge on any atom is 0.300 e. The van der Waals surface area contributed by atoms with Crippen molar-refractivity contribution in [3.05, 3.63) is 35.9 Å². The van der Waals surface area contributed by atoms with E-state index in [4.69, 9.17) is 22.1 Å². The van der Waals surface area contributed by atoms with Crippen LogP contribution in [0.4, 0.5) is 0 Å². The van der Waals surface area contributed by atoms with Gasteiger partial charge < -0.3 is 5.11 Å². The second-order valence-electron chi connectivity index (χ2n) is 2.19. The summed E-state index contributed by atoms with van der Waals surface area (Å²) < 4.78 is 0.649. The molecule has 0 heterocycles. The maximum absolute atomic E-state index is 9.00. The van der Waals surface area contributed by atoms with E-state index in [-0.39, 0.29) is 0 Å². The second-order valence-corrected chi connectivity index (χ2v) is 3.35. The molecule has 0 saturated carbocycles. The van der Waals surface area contributed by atoms with Crippen LogP contribution < -0.4 is 0 Å². The van der Waals surface area contributed by atoms with Crippen LogP contribution in [0.25, 0.3) is 0 Å². The Hall–Kier alpha value is -0.870. The lowest BCUT2D eigenvalue weighted by Gasteiger charge is -1.91. The number of thiol groups is 1. The van der Waals surface area contributed by atoms with Gasteiger partial charge in [-0.2, -0.15) is 0 Å². The van der Waals surface area contributed by atoms with Gasteiger partial charge in [-0.05, 0) is 5.56 Å². The van der Waals surface area contributed by atoms with Gasteiger partial charge in [-0.15, -0.1) is 12.6 Å². The van der Waals surface area contributed by atoms with Crippen molar-refractivity contribution in [3.63, 3.8) is 0 Å². The van der Waals surface area contributed by atoms with Gasteiger partial charge in [0.1, 0.15) is 0 Å². The smallest absolute Gasteiger partial charge is 0.300 e. The normalized spacial score (nSPS) is 8.15. The molecule has 1 rings (SSSR count). The Morgan fingerprint density at radius 1 is 1.38 bits per heavy atom. The highest BCUT2D eigenvalue weighted by molar-refractivity contribution is 8.11. The molecule has 13 heavy (non-hydrogen) atoms. The topological polar surface area (TPSA) is 37.3 Å². The zero-order valence-corrected chi connectivity index (χ0v) is 8.81. The summed E-state index contributed by atoms with van der Waals surface area (Å²) in [5, 5.41) is 7.42. The van der Waals surface area contributed by atoms with E-state index < -0.39 is 5.97 Å². The van der Waals surface area contributed by atoms with Gasteiger partial charge in [-0.1, -0.05) is 42.5 Å². The summed E-state index contributed by atoms with van der Waals surface area (Å²) in [6.07, 6.45) is 0. The number of carboxylic acid groups (broad SMARTS) is 1. The first kappa shape index (κ1) is 12.1. The van der Waals surface area contributed by atoms with E-state index in [1.54, 1.807) is 0 Å². The minimum absolute atomic E-state index is 0.649. The van der Waals surface area contributed by atoms with E-state index in [1.807, 2.05) is 30.3 Å². The Kier molecular flexibility index (Phi) is 6.18. The van der Waals surface area contributed by atoms with Gasteiger partial charge in [0.05, 0.1) is 4.20 Å². The van der Waals surface area contributed by atoms with Crippen molar-refractivity contribution in [2.24, 2.45) is 0 Å². The van der Waals surface area contributed by atoms with E-state index in [9.17, 15) is 0 Å². The van der Waals surface area contributed by atoms with Gasteiger partial charge in [0.25, 0.3) is 5.97 Å². The van der Waals surface area contributed by atoms with Crippen molar-refractivity contribution in [1.82, 2.24) is 0 Å². The molecule has 0 unspecified atom stereocenters.